The summed E-state index contributed by atoms with van der Waals surface area (Å²) in [5, 5.41) is 0. The molecule has 4 heteroatoms. The summed E-state index contributed by atoms with van der Waals surface area (Å²) < 4.78 is 24.1. The van der Waals surface area contributed by atoms with Crippen LogP contribution in [0.4, 0.5) is 0 Å². The standard InChI is InChI=1S/C18H21NO2S/c1-14-5-3-6-15(2)18(14)10-9-16-7-4-8-17(13-16)22(20,21)12-11-19/h3-10,13H,11-12,19H2,1-2H3. The van der Waals surface area contributed by atoms with Gasteiger partial charge >= 0.3 is 0 Å². The van der Waals surface area contributed by atoms with Gasteiger partial charge in [0.25, 0.3) is 0 Å². The quantitative estimate of drug-likeness (QED) is 0.862. The molecule has 0 aromatic heterocycles. The highest BCUT2D eigenvalue weighted by Gasteiger charge is 2.12. The number of hydrogen-bond acceptors (Lipinski definition) is 3. The first-order valence-electron chi connectivity index (χ1n) is 7.21. The van der Waals surface area contributed by atoms with Crippen LogP contribution in [0, 0.1) is 13.8 Å². The van der Waals surface area contributed by atoms with E-state index in [4.69, 9.17) is 5.73 Å². The van der Waals surface area contributed by atoms with Gasteiger partial charge < -0.3 is 5.73 Å². The van der Waals surface area contributed by atoms with E-state index in [1.54, 1.807) is 18.2 Å². The lowest BCUT2D eigenvalue weighted by Gasteiger charge is -2.05. The Morgan fingerprint density at radius 3 is 2.27 bits per heavy atom. The fourth-order valence-corrected chi connectivity index (χ4v) is 3.50. The second-order valence-electron chi connectivity index (χ2n) is 5.32. The largest absolute Gasteiger partial charge is 0.329 e. The summed E-state index contributed by atoms with van der Waals surface area (Å²) in [4.78, 5) is 0.321. The number of rotatable bonds is 5. The van der Waals surface area contributed by atoms with Crippen LogP contribution in [0.1, 0.15) is 22.3 Å². The zero-order valence-electron chi connectivity index (χ0n) is 12.9. The summed E-state index contributed by atoms with van der Waals surface area (Å²) in [7, 11) is -3.29. The Hall–Kier alpha value is -1.91. The Bertz CT molecular complexity index is 772. The summed E-state index contributed by atoms with van der Waals surface area (Å²) in [6.07, 6.45) is 3.97. The Morgan fingerprint density at radius 2 is 1.64 bits per heavy atom. The van der Waals surface area contributed by atoms with Crippen molar-refractivity contribution in [2.24, 2.45) is 5.73 Å². The molecule has 0 atom stereocenters. The fraction of sp³-hybridized carbons (Fsp3) is 0.222. The lowest BCUT2D eigenvalue weighted by atomic mass is 10.0. The van der Waals surface area contributed by atoms with Gasteiger partial charge in [-0.25, -0.2) is 8.42 Å². The lowest BCUT2D eigenvalue weighted by Crippen LogP contribution is -2.15. The molecule has 2 N–H and O–H groups in total. The third-order valence-corrected chi connectivity index (χ3v) is 5.33. The van der Waals surface area contributed by atoms with Gasteiger partial charge in [0.1, 0.15) is 0 Å². The van der Waals surface area contributed by atoms with Gasteiger partial charge in [-0.3, -0.25) is 0 Å². The van der Waals surface area contributed by atoms with Gasteiger partial charge in [-0.05, 0) is 48.2 Å². The van der Waals surface area contributed by atoms with Crippen LogP contribution in [0.5, 0.6) is 0 Å². The maximum atomic E-state index is 12.1. The van der Waals surface area contributed by atoms with Gasteiger partial charge in [-0.1, -0.05) is 42.5 Å². The van der Waals surface area contributed by atoms with Gasteiger partial charge in [0.15, 0.2) is 9.84 Å². The summed E-state index contributed by atoms with van der Waals surface area (Å²) in [5.41, 5.74) is 9.79. The topological polar surface area (TPSA) is 60.2 Å². The average Bonchev–Trinajstić information content (AvgIpc) is 2.47. The van der Waals surface area contributed by atoms with Crippen LogP contribution < -0.4 is 5.73 Å². The maximum absolute atomic E-state index is 12.1. The van der Waals surface area contributed by atoms with Crippen molar-refractivity contribution in [3.8, 4) is 0 Å². The van der Waals surface area contributed by atoms with Crippen molar-refractivity contribution in [2.75, 3.05) is 12.3 Å². The van der Waals surface area contributed by atoms with Gasteiger partial charge in [0, 0.05) is 6.54 Å². The van der Waals surface area contributed by atoms with Crippen LogP contribution in [-0.4, -0.2) is 20.7 Å². The van der Waals surface area contributed by atoms with Crippen molar-refractivity contribution in [1.29, 1.82) is 0 Å². The third kappa shape index (κ3) is 3.84. The minimum Gasteiger partial charge on any atom is -0.329 e. The monoisotopic (exact) mass is 315 g/mol. The number of benzene rings is 2. The first-order chi connectivity index (χ1) is 10.4. The molecule has 22 heavy (non-hydrogen) atoms. The molecule has 0 fully saturated rings. The van der Waals surface area contributed by atoms with E-state index in [1.165, 1.54) is 11.1 Å². The number of nitrogens with two attached hydrogens (primary N) is 1. The smallest absolute Gasteiger partial charge is 0.179 e. The Morgan fingerprint density at radius 1 is 1.00 bits per heavy atom. The Labute approximate surface area is 132 Å². The predicted molar refractivity (Wildman–Crippen MR) is 92.4 cm³/mol. The molecule has 0 aliphatic heterocycles. The molecular weight excluding hydrogens is 294 g/mol. The lowest BCUT2D eigenvalue weighted by molar-refractivity contribution is 0.596. The van der Waals surface area contributed by atoms with E-state index in [-0.39, 0.29) is 12.3 Å². The van der Waals surface area contributed by atoms with E-state index < -0.39 is 9.84 Å². The minimum absolute atomic E-state index is 0.0307. The summed E-state index contributed by atoms with van der Waals surface area (Å²) >= 11 is 0. The number of aryl methyl sites for hydroxylation is 2. The molecule has 3 nitrogen and oxygen atoms in total. The molecular formula is C18H21NO2S. The second kappa shape index (κ2) is 6.90. The molecule has 0 unspecified atom stereocenters. The molecule has 0 bridgehead atoms. The molecule has 2 aromatic carbocycles. The maximum Gasteiger partial charge on any atom is 0.179 e. The van der Waals surface area contributed by atoms with E-state index in [0.717, 1.165) is 11.1 Å². The summed E-state index contributed by atoms with van der Waals surface area (Å²) in [6, 6.07) is 13.1. The molecule has 0 saturated heterocycles. The van der Waals surface area contributed by atoms with Gasteiger partial charge in [-0.15, -0.1) is 0 Å². The molecule has 2 aromatic rings. The van der Waals surface area contributed by atoms with Gasteiger partial charge in [-0.2, -0.15) is 0 Å². The van der Waals surface area contributed by atoms with Crippen molar-refractivity contribution < 1.29 is 8.42 Å². The Kier molecular flexibility index (Phi) is 5.16. The molecule has 2 rings (SSSR count). The minimum atomic E-state index is -3.29. The number of hydrogen-bond donors (Lipinski definition) is 1. The highest BCUT2D eigenvalue weighted by Crippen LogP contribution is 2.19. The zero-order chi connectivity index (χ0) is 16.2. The van der Waals surface area contributed by atoms with Crippen molar-refractivity contribution in [3.63, 3.8) is 0 Å². The van der Waals surface area contributed by atoms with Crippen LogP contribution in [0.25, 0.3) is 12.2 Å². The first-order valence-corrected chi connectivity index (χ1v) is 8.86. The highest BCUT2D eigenvalue weighted by atomic mass is 32.2. The fourth-order valence-electron chi connectivity index (χ4n) is 2.35. The van der Waals surface area contributed by atoms with Gasteiger partial charge in [0.2, 0.25) is 0 Å². The molecule has 0 saturated carbocycles. The molecule has 0 spiro atoms. The normalized spacial score (nSPS) is 12.0. The van der Waals surface area contributed by atoms with Crippen molar-refractivity contribution in [3.05, 3.63) is 64.7 Å². The molecule has 0 amide bonds. The van der Waals surface area contributed by atoms with Gasteiger partial charge in [0.05, 0.1) is 10.6 Å². The van der Waals surface area contributed by atoms with Crippen LogP contribution in [0.3, 0.4) is 0 Å². The van der Waals surface area contributed by atoms with E-state index >= 15 is 0 Å². The van der Waals surface area contributed by atoms with Crippen molar-refractivity contribution in [2.45, 2.75) is 18.7 Å². The summed E-state index contributed by atoms with van der Waals surface area (Å²) in [6.45, 7) is 4.26. The number of sulfone groups is 1. The highest BCUT2D eigenvalue weighted by molar-refractivity contribution is 7.91. The van der Waals surface area contributed by atoms with Crippen LogP contribution in [0.2, 0.25) is 0 Å². The van der Waals surface area contributed by atoms with E-state index in [1.807, 2.05) is 24.3 Å². The van der Waals surface area contributed by atoms with Crippen LogP contribution in [0.15, 0.2) is 47.4 Å². The molecule has 0 heterocycles. The third-order valence-electron chi connectivity index (χ3n) is 3.59. The molecule has 116 valence electrons. The van der Waals surface area contributed by atoms with Crippen LogP contribution >= 0.6 is 0 Å². The second-order valence-corrected chi connectivity index (χ2v) is 7.43. The van der Waals surface area contributed by atoms with E-state index in [2.05, 4.69) is 26.0 Å². The Balaban J connectivity index is 2.34. The van der Waals surface area contributed by atoms with Crippen molar-refractivity contribution >= 4 is 22.0 Å². The van der Waals surface area contributed by atoms with E-state index in [9.17, 15) is 8.42 Å². The predicted octanol–water partition coefficient (Wildman–Crippen LogP) is 3.21. The summed E-state index contributed by atoms with van der Waals surface area (Å²) in [5.74, 6) is -0.0307. The molecule has 0 radical (unpaired) electrons. The molecule has 0 aliphatic rings. The average molecular weight is 315 g/mol. The SMILES string of the molecule is Cc1cccc(C)c1C=Cc1cccc(S(=O)(=O)CCN)c1. The van der Waals surface area contributed by atoms with Crippen LogP contribution in [-0.2, 0) is 9.84 Å². The first kappa shape index (κ1) is 16.5. The molecule has 0 aliphatic carbocycles. The zero-order valence-corrected chi connectivity index (χ0v) is 13.7. The van der Waals surface area contributed by atoms with Crippen molar-refractivity contribution in [1.82, 2.24) is 0 Å². The van der Waals surface area contributed by atoms with E-state index in [0.29, 0.717) is 4.90 Å².